The number of benzene rings is 2. The first-order valence-corrected chi connectivity index (χ1v) is 11.0. The summed E-state index contributed by atoms with van der Waals surface area (Å²) in [6.45, 7) is 4.04. The molecule has 3 unspecified atom stereocenters. The first kappa shape index (κ1) is 20.4. The molecule has 0 radical (unpaired) electrons. The summed E-state index contributed by atoms with van der Waals surface area (Å²) < 4.78 is 0. The molecule has 1 N–H and O–H groups in total. The molecule has 1 saturated carbocycles. The molecule has 3 aromatic rings. The smallest absolute Gasteiger partial charge is 0.336 e. The summed E-state index contributed by atoms with van der Waals surface area (Å²) in [5, 5.41) is 10.3. The van der Waals surface area contributed by atoms with Gasteiger partial charge in [0.25, 0.3) is 0 Å². The van der Waals surface area contributed by atoms with Crippen LogP contribution >= 0.6 is 0 Å². The Bertz CT molecular complexity index is 1260. The summed E-state index contributed by atoms with van der Waals surface area (Å²) in [4.78, 5) is 43.8. The van der Waals surface area contributed by atoms with Crippen LogP contribution in [0.3, 0.4) is 0 Å². The van der Waals surface area contributed by atoms with Crippen molar-refractivity contribution in [2.24, 2.45) is 17.8 Å². The molecule has 1 aromatic heterocycles. The van der Waals surface area contributed by atoms with Gasteiger partial charge in [0.15, 0.2) is 0 Å². The van der Waals surface area contributed by atoms with E-state index in [1.807, 2.05) is 19.1 Å². The Balaban J connectivity index is 1.51. The Morgan fingerprint density at radius 1 is 1.03 bits per heavy atom. The largest absolute Gasteiger partial charge is 0.478 e. The number of aryl methyl sites for hydroxylation is 1. The lowest BCUT2D eigenvalue weighted by atomic mass is 9.76. The minimum absolute atomic E-state index is 0.104. The number of carbonyl (C=O) groups excluding carboxylic acids is 2. The van der Waals surface area contributed by atoms with Crippen LogP contribution in [0.1, 0.15) is 42.1 Å². The molecular weight excluding hydrogens is 404 g/mol. The van der Waals surface area contributed by atoms with Gasteiger partial charge in [-0.1, -0.05) is 37.3 Å². The zero-order valence-corrected chi connectivity index (χ0v) is 18.0. The predicted molar refractivity (Wildman–Crippen MR) is 121 cm³/mol. The molecule has 1 aliphatic carbocycles. The van der Waals surface area contributed by atoms with Crippen LogP contribution in [-0.4, -0.2) is 27.9 Å². The quantitative estimate of drug-likeness (QED) is 0.604. The van der Waals surface area contributed by atoms with E-state index in [1.165, 1.54) is 4.90 Å². The van der Waals surface area contributed by atoms with Crippen molar-refractivity contribution in [3.63, 3.8) is 0 Å². The van der Waals surface area contributed by atoms with Gasteiger partial charge < -0.3 is 5.11 Å². The highest BCUT2D eigenvalue weighted by Gasteiger charge is 2.49. The van der Waals surface area contributed by atoms with Gasteiger partial charge in [-0.2, -0.15) is 0 Å². The molecule has 1 aliphatic heterocycles. The standard InChI is InChI=1S/C26H24N2O4/c1-14-6-11-19-20(12-14)25(30)28(24(19)29)17-9-7-16(8-10-17)22-13-21(26(31)32)18-5-3-4-15(2)23(18)27-22/h3-5,7-10,13-14,19-20H,6,11-12H2,1-2H3,(H,31,32). The number of imide groups is 1. The van der Waals surface area contributed by atoms with E-state index in [4.69, 9.17) is 4.98 Å². The van der Waals surface area contributed by atoms with Gasteiger partial charge in [0.2, 0.25) is 11.8 Å². The second-order valence-corrected chi connectivity index (χ2v) is 9.02. The summed E-state index contributed by atoms with van der Waals surface area (Å²) in [5.41, 5.74) is 3.56. The third kappa shape index (κ3) is 3.18. The average molecular weight is 428 g/mol. The molecule has 2 heterocycles. The molecule has 0 bridgehead atoms. The maximum atomic E-state index is 13.0. The number of nitrogens with zero attached hydrogens (tertiary/aromatic N) is 2. The van der Waals surface area contributed by atoms with Gasteiger partial charge >= 0.3 is 5.97 Å². The van der Waals surface area contributed by atoms with Crippen LogP contribution in [0.4, 0.5) is 5.69 Å². The van der Waals surface area contributed by atoms with Crippen LogP contribution in [0.25, 0.3) is 22.2 Å². The molecule has 5 rings (SSSR count). The predicted octanol–water partition coefficient (Wildman–Crippen LogP) is 4.83. The first-order valence-electron chi connectivity index (χ1n) is 11.0. The number of anilines is 1. The van der Waals surface area contributed by atoms with E-state index in [1.54, 1.807) is 36.4 Å². The lowest BCUT2D eigenvalue weighted by molar-refractivity contribution is -0.122. The zero-order chi connectivity index (χ0) is 22.6. The van der Waals surface area contributed by atoms with Gasteiger partial charge in [0.05, 0.1) is 34.3 Å². The molecule has 32 heavy (non-hydrogen) atoms. The number of amides is 2. The van der Waals surface area contributed by atoms with Crippen molar-refractivity contribution < 1.29 is 19.5 Å². The number of carbonyl (C=O) groups is 3. The monoisotopic (exact) mass is 428 g/mol. The first-order chi connectivity index (χ1) is 15.3. The fraction of sp³-hybridized carbons (Fsp3) is 0.308. The van der Waals surface area contributed by atoms with E-state index in [0.29, 0.717) is 28.2 Å². The third-order valence-corrected chi connectivity index (χ3v) is 6.88. The molecule has 0 spiro atoms. The number of hydrogen-bond acceptors (Lipinski definition) is 4. The van der Waals surface area contributed by atoms with E-state index in [0.717, 1.165) is 30.4 Å². The van der Waals surface area contributed by atoms with Gasteiger partial charge in [-0.3, -0.25) is 14.5 Å². The van der Waals surface area contributed by atoms with E-state index in [2.05, 4.69) is 6.92 Å². The molecule has 6 nitrogen and oxygen atoms in total. The summed E-state index contributed by atoms with van der Waals surface area (Å²) in [7, 11) is 0. The van der Waals surface area contributed by atoms with Crippen molar-refractivity contribution in [1.82, 2.24) is 4.98 Å². The van der Waals surface area contributed by atoms with Crippen LogP contribution in [0.5, 0.6) is 0 Å². The van der Waals surface area contributed by atoms with E-state index < -0.39 is 5.97 Å². The number of pyridine rings is 1. The van der Waals surface area contributed by atoms with Gasteiger partial charge in [-0.25, -0.2) is 9.78 Å². The maximum absolute atomic E-state index is 13.0. The van der Waals surface area contributed by atoms with Crippen LogP contribution in [0.2, 0.25) is 0 Å². The van der Waals surface area contributed by atoms with E-state index in [-0.39, 0.29) is 29.2 Å². The Labute approximate surface area is 185 Å². The van der Waals surface area contributed by atoms with Crippen molar-refractivity contribution in [3.05, 3.63) is 59.7 Å². The Kier molecular flexibility index (Phi) is 4.81. The number of rotatable bonds is 3. The van der Waals surface area contributed by atoms with Crippen molar-refractivity contribution >= 4 is 34.4 Å². The van der Waals surface area contributed by atoms with E-state index >= 15 is 0 Å². The molecule has 162 valence electrons. The molecule has 2 amide bonds. The maximum Gasteiger partial charge on any atom is 0.336 e. The van der Waals surface area contributed by atoms with Gasteiger partial charge in [0.1, 0.15) is 0 Å². The fourth-order valence-electron chi connectivity index (χ4n) is 5.14. The summed E-state index contributed by atoms with van der Waals surface area (Å²) >= 11 is 0. The van der Waals surface area contributed by atoms with Crippen molar-refractivity contribution in [1.29, 1.82) is 0 Å². The summed E-state index contributed by atoms with van der Waals surface area (Å²) in [6.07, 6.45) is 2.51. The fourth-order valence-corrected chi connectivity index (χ4v) is 5.14. The topological polar surface area (TPSA) is 87.6 Å². The number of para-hydroxylation sites is 1. The number of carboxylic acid groups (broad SMARTS) is 1. The van der Waals surface area contributed by atoms with Gasteiger partial charge in [-0.15, -0.1) is 0 Å². The highest BCUT2D eigenvalue weighted by molar-refractivity contribution is 6.22. The zero-order valence-electron chi connectivity index (χ0n) is 18.0. The third-order valence-electron chi connectivity index (χ3n) is 6.88. The molecule has 6 heteroatoms. The van der Waals surface area contributed by atoms with Crippen LogP contribution in [-0.2, 0) is 9.59 Å². The Morgan fingerprint density at radius 3 is 2.47 bits per heavy atom. The van der Waals surface area contributed by atoms with Gasteiger partial charge in [-0.05, 0) is 55.9 Å². The van der Waals surface area contributed by atoms with Crippen LogP contribution < -0.4 is 4.90 Å². The molecule has 2 fully saturated rings. The number of aromatic nitrogens is 1. The average Bonchev–Trinajstić information content (AvgIpc) is 3.03. The number of aromatic carboxylic acids is 1. The minimum atomic E-state index is -1.01. The lowest BCUT2D eigenvalue weighted by Crippen LogP contribution is -2.30. The van der Waals surface area contributed by atoms with Crippen molar-refractivity contribution in [2.45, 2.75) is 33.1 Å². The van der Waals surface area contributed by atoms with Crippen LogP contribution in [0.15, 0.2) is 48.5 Å². The SMILES string of the molecule is Cc1cccc2c(C(=O)O)cc(-c3ccc(N4C(=O)C5CCC(C)CC5C4=O)cc3)nc12. The number of hydrogen-bond donors (Lipinski definition) is 1. The van der Waals surface area contributed by atoms with Gasteiger partial charge in [0, 0.05) is 10.9 Å². The highest BCUT2D eigenvalue weighted by Crippen LogP contribution is 2.42. The molecule has 1 saturated heterocycles. The highest BCUT2D eigenvalue weighted by atomic mass is 16.4. The van der Waals surface area contributed by atoms with Crippen molar-refractivity contribution in [3.8, 4) is 11.3 Å². The Morgan fingerprint density at radius 2 is 1.75 bits per heavy atom. The molecule has 2 aromatic carbocycles. The summed E-state index contributed by atoms with van der Waals surface area (Å²) in [6, 6.07) is 14.1. The minimum Gasteiger partial charge on any atom is -0.478 e. The second-order valence-electron chi connectivity index (χ2n) is 9.02. The Hall–Kier alpha value is -3.54. The normalized spacial score (nSPS) is 22.9. The lowest BCUT2D eigenvalue weighted by Gasteiger charge is -2.25. The number of carboxylic acids is 1. The second kappa shape index (κ2) is 7.55. The number of fused-ring (bicyclic) bond motifs is 2. The van der Waals surface area contributed by atoms with Crippen molar-refractivity contribution in [2.75, 3.05) is 4.90 Å². The summed E-state index contributed by atoms with van der Waals surface area (Å²) in [5.74, 6) is -1.18. The molecule has 2 aliphatic rings. The van der Waals surface area contributed by atoms with E-state index in [9.17, 15) is 19.5 Å². The van der Waals surface area contributed by atoms with Crippen LogP contribution in [0, 0.1) is 24.7 Å². The molecule has 3 atom stereocenters. The molecular formula is C26H24N2O4.